The minimum absolute atomic E-state index is 0.0657. The molecule has 0 saturated carbocycles. The summed E-state index contributed by atoms with van der Waals surface area (Å²) < 4.78 is 13.1. The highest BCUT2D eigenvalue weighted by Crippen LogP contribution is 2.24. The Hall–Kier alpha value is -1.35. The molecule has 2 aromatic rings. The number of Topliss-reactive ketones (excluding diaryl/α,β-unsaturated/α-hetero) is 1. The molecule has 0 saturated heterocycles. The van der Waals surface area contributed by atoms with Gasteiger partial charge in [-0.15, -0.1) is 11.6 Å². The van der Waals surface area contributed by atoms with Crippen molar-refractivity contribution < 1.29 is 9.18 Å². The van der Waals surface area contributed by atoms with E-state index in [4.69, 9.17) is 11.6 Å². The zero-order valence-corrected chi connectivity index (χ0v) is 8.86. The van der Waals surface area contributed by atoms with Gasteiger partial charge in [-0.3, -0.25) is 4.79 Å². The van der Waals surface area contributed by atoms with Crippen LogP contribution in [0, 0.1) is 12.7 Å². The molecule has 0 unspecified atom stereocenters. The summed E-state index contributed by atoms with van der Waals surface area (Å²) in [6.45, 7) is 1.77. The van der Waals surface area contributed by atoms with E-state index in [1.165, 1.54) is 12.1 Å². The minimum atomic E-state index is -0.313. The zero-order chi connectivity index (χ0) is 11.0. The van der Waals surface area contributed by atoms with Crippen LogP contribution in [0.25, 0.3) is 10.9 Å². The number of H-pyrrole nitrogens is 1. The Labute approximate surface area is 91.0 Å². The van der Waals surface area contributed by atoms with Crippen molar-refractivity contribution in [1.29, 1.82) is 0 Å². The number of ketones is 1. The van der Waals surface area contributed by atoms with E-state index in [1.807, 2.05) is 0 Å². The number of hydrogen-bond acceptors (Lipinski definition) is 1. The van der Waals surface area contributed by atoms with Crippen LogP contribution in [0.4, 0.5) is 4.39 Å². The fourth-order valence-corrected chi connectivity index (χ4v) is 1.87. The Morgan fingerprint density at radius 2 is 2.27 bits per heavy atom. The average molecular weight is 226 g/mol. The maximum Gasteiger partial charge on any atom is 0.179 e. The first-order valence-electron chi connectivity index (χ1n) is 4.50. The number of carbonyl (C=O) groups is 1. The molecule has 1 aromatic carbocycles. The molecule has 15 heavy (non-hydrogen) atoms. The van der Waals surface area contributed by atoms with Crippen molar-refractivity contribution in [3.8, 4) is 0 Å². The SMILES string of the molecule is Cc1cc(F)cc2[nH]cc(C(=O)CCl)c12. The molecule has 0 amide bonds. The third-order valence-electron chi connectivity index (χ3n) is 2.36. The molecule has 0 radical (unpaired) electrons. The number of rotatable bonds is 2. The monoisotopic (exact) mass is 225 g/mol. The number of aryl methyl sites for hydroxylation is 1. The molecule has 2 rings (SSSR count). The number of aromatic amines is 1. The van der Waals surface area contributed by atoms with E-state index in [0.717, 1.165) is 10.9 Å². The van der Waals surface area contributed by atoms with Gasteiger partial charge < -0.3 is 4.98 Å². The largest absolute Gasteiger partial charge is 0.360 e. The first kappa shape index (κ1) is 10.2. The van der Waals surface area contributed by atoms with Crippen LogP contribution in [0.1, 0.15) is 15.9 Å². The Balaban J connectivity index is 2.74. The number of fused-ring (bicyclic) bond motifs is 1. The van der Waals surface area contributed by atoms with Gasteiger partial charge in [-0.2, -0.15) is 0 Å². The first-order valence-corrected chi connectivity index (χ1v) is 5.03. The molecule has 78 valence electrons. The number of aromatic nitrogens is 1. The van der Waals surface area contributed by atoms with Gasteiger partial charge in [0.15, 0.2) is 5.78 Å². The van der Waals surface area contributed by atoms with Crippen LogP contribution < -0.4 is 0 Å². The average Bonchev–Trinajstić information content (AvgIpc) is 2.60. The van der Waals surface area contributed by atoms with Crippen LogP contribution in [-0.4, -0.2) is 16.6 Å². The predicted octanol–water partition coefficient (Wildman–Crippen LogP) is 3.04. The number of alkyl halides is 1. The van der Waals surface area contributed by atoms with E-state index < -0.39 is 0 Å². The third kappa shape index (κ3) is 1.63. The molecule has 0 spiro atoms. The lowest BCUT2D eigenvalue weighted by molar-refractivity contribution is 0.102. The number of benzene rings is 1. The van der Waals surface area contributed by atoms with Crippen molar-refractivity contribution in [3.63, 3.8) is 0 Å². The number of hydrogen-bond donors (Lipinski definition) is 1. The summed E-state index contributed by atoms with van der Waals surface area (Å²) in [5.41, 5.74) is 1.89. The van der Waals surface area contributed by atoms with Crippen LogP contribution in [0.3, 0.4) is 0 Å². The van der Waals surface area contributed by atoms with E-state index in [9.17, 15) is 9.18 Å². The van der Waals surface area contributed by atoms with Gasteiger partial charge in [0.05, 0.1) is 5.88 Å². The van der Waals surface area contributed by atoms with Crippen molar-refractivity contribution >= 4 is 28.3 Å². The summed E-state index contributed by atoms with van der Waals surface area (Å²) >= 11 is 5.49. The van der Waals surface area contributed by atoms with Crippen LogP contribution in [-0.2, 0) is 0 Å². The molecule has 1 aromatic heterocycles. The van der Waals surface area contributed by atoms with Gasteiger partial charge in [-0.05, 0) is 24.6 Å². The molecule has 4 heteroatoms. The second kappa shape index (κ2) is 3.66. The van der Waals surface area contributed by atoms with Gasteiger partial charge in [0.25, 0.3) is 0 Å². The Morgan fingerprint density at radius 1 is 1.53 bits per heavy atom. The van der Waals surface area contributed by atoms with Crippen LogP contribution in [0.2, 0.25) is 0 Å². The highest BCUT2D eigenvalue weighted by Gasteiger charge is 2.13. The molecule has 0 atom stereocenters. The predicted molar refractivity (Wildman–Crippen MR) is 58.0 cm³/mol. The summed E-state index contributed by atoms with van der Waals surface area (Å²) in [4.78, 5) is 14.3. The van der Waals surface area contributed by atoms with E-state index in [1.54, 1.807) is 13.1 Å². The van der Waals surface area contributed by atoms with Crippen molar-refractivity contribution in [2.75, 3.05) is 5.88 Å². The van der Waals surface area contributed by atoms with Crippen molar-refractivity contribution in [2.45, 2.75) is 6.92 Å². The molecule has 0 aliphatic carbocycles. The lowest BCUT2D eigenvalue weighted by atomic mass is 10.1. The maximum atomic E-state index is 13.1. The van der Waals surface area contributed by atoms with Crippen molar-refractivity contribution in [1.82, 2.24) is 4.98 Å². The zero-order valence-electron chi connectivity index (χ0n) is 8.10. The number of nitrogens with one attached hydrogen (secondary N) is 1. The van der Waals surface area contributed by atoms with E-state index in [2.05, 4.69) is 4.98 Å². The Kier molecular flexibility index (Phi) is 2.49. The molecule has 2 nitrogen and oxygen atoms in total. The number of halogens is 2. The summed E-state index contributed by atoms with van der Waals surface area (Å²) in [7, 11) is 0. The van der Waals surface area contributed by atoms with Gasteiger partial charge in [-0.1, -0.05) is 0 Å². The highest BCUT2D eigenvalue weighted by atomic mass is 35.5. The van der Waals surface area contributed by atoms with E-state index in [0.29, 0.717) is 11.1 Å². The third-order valence-corrected chi connectivity index (χ3v) is 2.61. The van der Waals surface area contributed by atoms with Gasteiger partial charge in [-0.25, -0.2) is 4.39 Å². The Morgan fingerprint density at radius 3 is 2.93 bits per heavy atom. The molecule has 1 N–H and O–H groups in total. The standard InChI is InChI=1S/C11H9ClFNO/c1-6-2-7(13)3-9-11(6)8(5-14-9)10(15)4-12/h2-3,5,14H,4H2,1H3. The van der Waals surface area contributed by atoms with Gasteiger partial charge >= 0.3 is 0 Å². The van der Waals surface area contributed by atoms with Crippen LogP contribution in [0.15, 0.2) is 18.3 Å². The topological polar surface area (TPSA) is 32.9 Å². The molecule has 0 aliphatic rings. The summed E-state index contributed by atoms with van der Waals surface area (Å²) in [5.74, 6) is -0.534. The lowest BCUT2D eigenvalue weighted by Gasteiger charge is -1.99. The minimum Gasteiger partial charge on any atom is -0.360 e. The smallest absolute Gasteiger partial charge is 0.179 e. The summed E-state index contributed by atoms with van der Waals surface area (Å²) in [6, 6.07) is 2.77. The quantitative estimate of drug-likeness (QED) is 0.619. The number of carbonyl (C=O) groups excluding carboxylic acids is 1. The normalized spacial score (nSPS) is 10.9. The molecule has 0 bridgehead atoms. The maximum absolute atomic E-state index is 13.1. The molecule has 1 heterocycles. The van der Waals surface area contributed by atoms with Gasteiger partial charge in [0.1, 0.15) is 5.82 Å². The molecular weight excluding hydrogens is 217 g/mol. The molecule has 0 aliphatic heterocycles. The second-order valence-electron chi connectivity index (χ2n) is 3.40. The Bertz CT molecular complexity index is 533. The van der Waals surface area contributed by atoms with Crippen molar-refractivity contribution in [3.05, 3.63) is 35.3 Å². The van der Waals surface area contributed by atoms with Gasteiger partial charge in [0.2, 0.25) is 0 Å². The van der Waals surface area contributed by atoms with Crippen LogP contribution >= 0.6 is 11.6 Å². The fraction of sp³-hybridized carbons (Fsp3) is 0.182. The highest BCUT2D eigenvalue weighted by molar-refractivity contribution is 6.32. The second-order valence-corrected chi connectivity index (χ2v) is 3.67. The summed E-state index contributed by atoms with van der Waals surface area (Å²) in [6.07, 6.45) is 1.57. The fourth-order valence-electron chi connectivity index (χ4n) is 1.73. The first-order chi connectivity index (χ1) is 7.13. The summed E-state index contributed by atoms with van der Waals surface area (Å²) in [5, 5.41) is 0.752. The molecular formula is C11H9ClFNO. The molecule has 0 fully saturated rings. The van der Waals surface area contributed by atoms with Gasteiger partial charge in [0, 0.05) is 22.7 Å². The lowest BCUT2D eigenvalue weighted by Crippen LogP contribution is -1.99. The van der Waals surface area contributed by atoms with E-state index in [-0.39, 0.29) is 17.5 Å². The van der Waals surface area contributed by atoms with Crippen molar-refractivity contribution in [2.24, 2.45) is 0 Å². The van der Waals surface area contributed by atoms with Crippen LogP contribution in [0.5, 0.6) is 0 Å². The van der Waals surface area contributed by atoms with E-state index >= 15 is 0 Å².